The topological polar surface area (TPSA) is 91.9 Å². The highest BCUT2D eigenvalue weighted by Crippen LogP contribution is 2.31. The van der Waals surface area contributed by atoms with Gasteiger partial charge in [0.25, 0.3) is 0 Å². The summed E-state index contributed by atoms with van der Waals surface area (Å²) in [6.45, 7) is 7.10. The molecule has 33 heavy (non-hydrogen) atoms. The molecule has 2 aromatic rings. The van der Waals surface area contributed by atoms with E-state index in [1.807, 2.05) is 24.3 Å². The van der Waals surface area contributed by atoms with E-state index >= 15 is 0 Å². The van der Waals surface area contributed by atoms with E-state index in [4.69, 9.17) is 9.47 Å². The first-order valence-electron chi connectivity index (χ1n) is 11.6. The van der Waals surface area contributed by atoms with E-state index in [0.717, 1.165) is 30.9 Å². The number of rotatable bonds is 13. The van der Waals surface area contributed by atoms with E-state index in [1.54, 1.807) is 32.2 Å². The highest BCUT2D eigenvalue weighted by Gasteiger charge is 2.12. The molecule has 1 aromatic carbocycles. The van der Waals surface area contributed by atoms with Gasteiger partial charge in [-0.2, -0.15) is 4.98 Å². The first kappa shape index (κ1) is 24.6. The highest BCUT2D eigenvalue weighted by molar-refractivity contribution is 5.72. The van der Waals surface area contributed by atoms with Gasteiger partial charge in [-0.25, -0.2) is 4.98 Å². The number of likely N-dealkylation sites (tertiary alicyclic amines) is 1. The van der Waals surface area contributed by atoms with Crippen molar-refractivity contribution in [2.24, 2.45) is 0 Å². The summed E-state index contributed by atoms with van der Waals surface area (Å²) in [6, 6.07) is 7.53. The van der Waals surface area contributed by atoms with Crippen molar-refractivity contribution in [2.45, 2.75) is 32.6 Å². The maximum Gasteiger partial charge on any atom is 0.229 e. The van der Waals surface area contributed by atoms with Crippen LogP contribution in [0.4, 0.5) is 17.5 Å². The van der Waals surface area contributed by atoms with Crippen molar-refractivity contribution < 1.29 is 14.3 Å². The number of methoxy groups -OCH3 is 1. The van der Waals surface area contributed by atoms with E-state index < -0.39 is 0 Å². The molecule has 9 nitrogen and oxygen atoms in total. The maximum absolute atomic E-state index is 11.3. The fourth-order valence-corrected chi connectivity index (χ4v) is 3.68. The van der Waals surface area contributed by atoms with Gasteiger partial charge in [0.2, 0.25) is 11.9 Å². The molecule has 0 aliphatic carbocycles. The Bertz CT molecular complexity index is 888. The van der Waals surface area contributed by atoms with Crippen molar-refractivity contribution >= 4 is 23.4 Å². The lowest BCUT2D eigenvalue weighted by atomic mass is 10.2. The van der Waals surface area contributed by atoms with Crippen molar-refractivity contribution in [3.63, 3.8) is 0 Å². The average Bonchev–Trinajstić information content (AvgIpc) is 3.33. The molecule has 1 amide bonds. The van der Waals surface area contributed by atoms with Gasteiger partial charge in [0, 0.05) is 51.6 Å². The summed E-state index contributed by atoms with van der Waals surface area (Å²) in [4.78, 5) is 24.3. The number of nitrogens with one attached hydrogen (secondary N) is 2. The molecule has 9 heteroatoms. The molecule has 0 spiro atoms. The molecule has 1 fully saturated rings. The Hall–Kier alpha value is -3.07. The molecule has 2 heterocycles. The van der Waals surface area contributed by atoms with Gasteiger partial charge in [0.05, 0.1) is 13.7 Å². The largest absolute Gasteiger partial charge is 0.493 e. The van der Waals surface area contributed by atoms with E-state index in [2.05, 4.69) is 25.5 Å². The minimum Gasteiger partial charge on any atom is -0.493 e. The number of carbonyl (C=O) groups is 1. The van der Waals surface area contributed by atoms with E-state index in [-0.39, 0.29) is 5.91 Å². The molecule has 2 N–H and O–H groups in total. The second-order valence-corrected chi connectivity index (χ2v) is 8.23. The third-order valence-corrected chi connectivity index (χ3v) is 5.66. The van der Waals surface area contributed by atoms with Gasteiger partial charge in [-0.3, -0.25) is 4.79 Å². The molecule has 1 aliphatic heterocycles. The van der Waals surface area contributed by atoms with Crippen LogP contribution in [0.15, 0.2) is 30.5 Å². The monoisotopic (exact) mass is 456 g/mol. The molecular weight excluding hydrogens is 420 g/mol. The van der Waals surface area contributed by atoms with Crippen LogP contribution in [0.1, 0.15) is 32.6 Å². The van der Waals surface area contributed by atoms with Gasteiger partial charge < -0.3 is 29.9 Å². The standard InChI is InChI=1S/C24H36N6O3/c1-19(31)29(2)13-6-11-25-23-10-12-26-24(28-23)27-20-8-9-21(32-3)22(18-20)33-17-7-16-30-14-4-5-15-30/h8-10,12,18H,4-7,11,13-17H2,1-3H3,(H2,25,26,27,28). The summed E-state index contributed by atoms with van der Waals surface area (Å²) >= 11 is 0. The fourth-order valence-electron chi connectivity index (χ4n) is 3.68. The Kier molecular flexibility index (Phi) is 9.56. The van der Waals surface area contributed by atoms with Crippen LogP contribution in [-0.4, -0.2) is 79.2 Å². The maximum atomic E-state index is 11.3. The van der Waals surface area contributed by atoms with Crippen LogP contribution in [0.3, 0.4) is 0 Å². The van der Waals surface area contributed by atoms with Gasteiger partial charge >= 0.3 is 0 Å². The summed E-state index contributed by atoms with van der Waals surface area (Å²) in [6.07, 6.45) is 6.13. The second-order valence-electron chi connectivity index (χ2n) is 8.23. The molecule has 180 valence electrons. The molecule has 0 atom stereocenters. The summed E-state index contributed by atoms with van der Waals surface area (Å²) in [7, 11) is 3.45. The Morgan fingerprint density at radius 1 is 1.18 bits per heavy atom. The van der Waals surface area contributed by atoms with Crippen LogP contribution in [0.25, 0.3) is 0 Å². The van der Waals surface area contributed by atoms with Crippen molar-refractivity contribution in [1.29, 1.82) is 0 Å². The number of carbonyl (C=O) groups excluding carboxylic acids is 1. The Labute approximate surface area is 196 Å². The SMILES string of the molecule is COc1ccc(Nc2nccc(NCCCN(C)C(C)=O)n2)cc1OCCCN1CCCC1. The smallest absolute Gasteiger partial charge is 0.229 e. The van der Waals surface area contributed by atoms with Crippen LogP contribution in [-0.2, 0) is 4.79 Å². The Morgan fingerprint density at radius 2 is 2.00 bits per heavy atom. The van der Waals surface area contributed by atoms with Gasteiger partial charge in [-0.05, 0) is 57.0 Å². The minimum absolute atomic E-state index is 0.0676. The molecule has 0 radical (unpaired) electrons. The summed E-state index contributed by atoms with van der Waals surface area (Å²) in [5.74, 6) is 2.69. The number of benzene rings is 1. The van der Waals surface area contributed by atoms with Crippen molar-refractivity contribution in [3.8, 4) is 11.5 Å². The quantitative estimate of drug-likeness (QED) is 0.443. The van der Waals surface area contributed by atoms with Gasteiger partial charge in [0.15, 0.2) is 11.5 Å². The lowest BCUT2D eigenvalue weighted by Crippen LogP contribution is -2.26. The fraction of sp³-hybridized carbons (Fsp3) is 0.542. The molecule has 1 saturated heterocycles. The number of aromatic nitrogens is 2. The van der Waals surface area contributed by atoms with Crippen LogP contribution in [0, 0.1) is 0 Å². The summed E-state index contributed by atoms with van der Waals surface area (Å²) in [5.41, 5.74) is 0.825. The molecule has 1 aromatic heterocycles. The second kappa shape index (κ2) is 12.8. The predicted molar refractivity (Wildman–Crippen MR) is 131 cm³/mol. The zero-order valence-corrected chi connectivity index (χ0v) is 20.0. The molecule has 1 aliphatic rings. The van der Waals surface area contributed by atoms with Crippen molar-refractivity contribution in [2.75, 3.05) is 64.1 Å². The zero-order valence-electron chi connectivity index (χ0n) is 20.0. The first-order valence-corrected chi connectivity index (χ1v) is 11.6. The molecule has 0 bridgehead atoms. The third kappa shape index (κ3) is 8.09. The third-order valence-electron chi connectivity index (χ3n) is 5.66. The number of amides is 1. The minimum atomic E-state index is 0.0676. The molecule has 0 saturated carbocycles. The number of hydrogen-bond acceptors (Lipinski definition) is 8. The first-order chi connectivity index (χ1) is 16.0. The molecular formula is C24H36N6O3. The summed E-state index contributed by atoms with van der Waals surface area (Å²) in [5, 5.41) is 6.51. The number of anilines is 3. The normalized spacial score (nSPS) is 13.5. The predicted octanol–water partition coefficient (Wildman–Crippen LogP) is 3.37. The van der Waals surface area contributed by atoms with Crippen LogP contribution in [0.2, 0.25) is 0 Å². The number of hydrogen-bond donors (Lipinski definition) is 2. The molecule has 3 rings (SSSR count). The van der Waals surface area contributed by atoms with E-state index in [0.29, 0.717) is 37.1 Å². The molecule has 0 unspecified atom stereocenters. The Balaban J connectivity index is 1.51. The van der Waals surface area contributed by atoms with E-state index in [9.17, 15) is 4.79 Å². The van der Waals surface area contributed by atoms with E-state index in [1.165, 1.54) is 25.9 Å². The zero-order chi connectivity index (χ0) is 23.5. The van der Waals surface area contributed by atoms with Gasteiger partial charge in [0.1, 0.15) is 5.82 Å². The average molecular weight is 457 g/mol. The van der Waals surface area contributed by atoms with Crippen LogP contribution < -0.4 is 20.1 Å². The van der Waals surface area contributed by atoms with Crippen molar-refractivity contribution in [1.82, 2.24) is 19.8 Å². The van der Waals surface area contributed by atoms with Gasteiger partial charge in [-0.15, -0.1) is 0 Å². The van der Waals surface area contributed by atoms with Crippen LogP contribution >= 0.6 is 0 Å². The van der Waals surface area contributed by atoms with Crippen LogP contribution in [0.5, 0.6) is 11.5 Å². The van der Waals surface area contributed by atoms with Crippen molar-refractivity contribution in [3.05, 3.63) is 30.5 Å². The highest BCUT2D eigenvalue weighted by atomic mass is 16.5. The lowest BCUT2D eigenvalue weighted by Gasteiger charge is -2.16. The summed E-state index contributed by atoms with van der Waals surface area (Å²) < 4.78 is 11.5. The number of nitrogens with zero attached hydrogens (tertiary/aromatic N) is 4. The number of ether oxygens (including phenoxy) is 2. The Morgan fingerprint density at radius 3 is 2.76 bits per heavy atom. The lowest BCUT2D eigenvalue weighted by molar-refractivity contribution is -0.127. The van der Waals surface area contributed by atoms with Gasteiger partial charge in [-0.1, -0.05) is 0 Å².